The highest BCUT2D eigenvalue weighted by molar-refractivity contribution is 7.12. The smallest absolute Gasteiger partial charge is 0.337 e. The summed E-state index contributed by atoms with van der Waals surface area (Å²) in [6.07, 6.45) is 0. The fourth-order valence-corrected chi connectivity index (χ4v) is 2.88. The minimum atomic E-state index is -0.396. The fourth-order valence-electron chi connectivity index (χ4n) is 2.26. The van der Waals surface area contributed by atoms with Crippen LogP contribution in [-0.2, 0) is 4.74 Å². The second kappa shape index (κ2) is 8.15. The van der Waals surface area contributed by atoms with Gasteiger partial charge in [0.25, 0.3) is 5.91 Å². The molecule has 0 atom stereocenters. The molecule has 3 rings (SSSR count). The number of methoxy groups -OCH3 is 1. The molecule has 0 unspecified atom stereocenters. The number of carbonyl (C=O) groups is 2. The molecule has 1 heterocycles. The number of rotatable bonds is 3. The fraction of sp³-hybridized carbons (Fsp3) is 0.0476. The topological polar surface area (TPSA) is 55.4 Å². The number of ether oxygens (including phenoxy) is 1. The molecule has 2 aromatic carbocycles. The van der Waals surface area contributed by atoms with E-state index in [0.29, 0.717) is 21.7 Å². The van der Waals surface area contributed by atoms with Crippen molar-refractivity contribution in [3.63, 3.8) is 0 Å². The Bertz CT molecular complexity index is 997. The zero-order valence-electron chi connectivity index (χ0n) is 14.0. The number of nitrogens with one attached hydrogen (secondary N) is 1. The second-order valence-electron chi connectivity index (χ2n) is 5.33. The molecule has 26 heavy (non-hydrogen) atoms. The minimum Gasteiger partial charge on any atom is -0.465 e. The molecule has 0 aliphatic heterocycles. The van der Waals surface area contributed by atoms with Crippen LogP contribution in [0.15, 0.2) is 66.0 Å². The molecule has 1 N–H and O–H groups in total. The molecule has 1 aromatic heterocycles. The largest absolute Gasteiger partial charge is 0.465 e. The van der Waals surface area contributed by atoms with Crippen molar-refractivity contribution in [2.45, 2.75) is 0 Å². The molecular formula is C21H15NO3S. The van der Waals surface area contributed by atoms with Crippen LogP contribution < -0.4 is 5.32 Å². The summed E-state index contributed by atoms with van der Waals surface area (Å²) in [6.45, 7) is 0. The van der Waals surface area contributed by atoms with Crippen LogP contribution in [0.1, 0.15) is 31.2 Å². The molecule has 4 nitrogen and oxygen atoms in total. The lowest BCUT2D eigenvalue weighted by Gasteiger charge is -2.03. The van der Waals surface area contributed by atoms with Gasteiger partial charge in [0.2, 0.25) is 0 Å². The number of thiophene rings is 1. The zero-order chi connectivity index (χ0) is 18.4. The lowest BCUT2D eigenvalue weighted by molar-refractivity contribution is 0.0600. The summed E-state index contributed by atoms with van der Waals surface area (Å²) in [6, 6.07) is 17.9. The maximum absolute atomic E-state index is 12.1. The summed E-state index contributed by atoms with van der Waals surface area (Å²) in [4.78, 5) is 24.3. The first-order valence-corrected chi connectivity index (χ1v) is 8.69. The zero-order valence-corrected chi connectivity index (χ0v) is 14.8. The first-order chi connectivity index (χ1) is 12.7. The van der Waals surface area contributed by atoms with Crippen molar-refractivity contribution in [3.8, 4) is 11.8 Å². The summed E-state index contributed by atoms with van der Waals surface area (Å²) in [7, 11) is 1.34. The van der Waals surface area contributed by atoms with Gasteiger partial charge in [0, 0.05) is 16.8 Å². The van der Waals surface area contributed by atoms with Gasteiger partial charge in [0.05, 0.1) is 17.6 Å². The third kappa shape index (κ3) is 4.38. The molecule has 0 fully saturated rings. The third-order valence-electron chi connectivity index (χ3n) is 3.50. The molecule has 0 aliphatic carbocycles. The summed E-state index contributed by atoms with van der Waals surface area (Å²) in [5.74, 6) is 5.52. The van der Waals surface area contributed by atoms with E-state index >= 15 is 0 Å². The molecule has 0 saturated carbocycles. The predicted molar refractivity (Wildman–Crippen MR) is 102 cm³/mol. The van der Waals surface area contributed by atoms with E-state index < -0.39 is 5.97 Å². The number of hydrogen-bond donors (Lipinski definition) is 1. The van der Waals surface area contributed by atoms with Crippen molar-refractivity contribution in [2.75, 3.05) is 12.4 Å². The van der Waals surface area contributed by atoms with Gasteiger partial charge < -0.3 is 10.1 Å². The average Bonchev–Trinajstić information content (AvgIpc) is 3.21. The Hall–Kier alpha value is -3.36. The lowest BCUT2D eigenvalue weighted by Crippen LogP contribution is -2.09. The molecular weight excluding hydrogens is 346 g/mol. The van der Waals surface area contributed by atoms with Gasteiger partial charge in [-0.3, -0.25) is 4.79 Å². The van der Waals surface area contributed by atoms with Gasteiger partial charge in [0.15, 0.2) is 0 Å². The van der Waals surface area contributed by atoms with Crippen molar-refractivity contribution in [2.24, 2.45) is 0 Å². The van der Waals surface area contributed by atoms with E-state index in [1.54, 1.807) is 24.3 Å². The Morgan fingerprint density at radius 2 is 1.69 bits per heavy atom. The van der Waals surface area contributed by atoms with Crippen molar-refractivity contribution >= 4 is 28.9 Å². The first kappa shape index (κ1) is 17.5. The van der Waals surface area contributed by atoms with E-state index in [4.69, 9.17) is 4.74 Å². The summed E-state index contributed by atoms with van der Waals surface area (Å²) in [5, 5.41) is 4.72. The Balaban J connectivity index is 1.77. The van der Waals surface area contributed by atoms with Gasteiger partial charge in [-0.15, -0.1) is 11.3 Å². The van der Waals surface area contributed by atoms with Gasteiger partial charge in [-0.1, -0.05) is 30.0 Å². The Morgan fingerprint density at radius 1 is 0.962 bits per heavy atom. The average molecular weight is 361 g/mol. The van der Waals surface area contributed by atoms with Gasteiger partial charge in [0.1, 0.15) is 0 Å². The van der Waals surface area contributed by atoms with Crippen molar-refractivity contribution < 1.29 is 14.3 Å². The number of benzene rings is 2. The summed E-state index contributed by atoms with van der Waals surface area (Å²) >= 11 is 1.39. The van der Waals surface area contributed by atoms with Crippen molar-refractivity contribution in [3.05, 3.63) is 87.6 Å². The SMILES string of the molecule is COC(=O)c1cccc(C#Cc2cccc(NC(=O)c3cccs3)c2)c1. The highest BCUT2D eigenvalue weighted by atomic mass is 32.1. The van der Waals surface area contributed by atoms with Gasteiger partial charge in [-0.2, -0.15) is 0 Å². The maximum Gasteiger partial charge on any atom is 0.337 e. The highest BCUT2D eigenvalue weighted by Gasteiger charge is 2.07. The van der Waals surface area contributed by atoms with Crippen LogP contribution in [0.25, 0.3) is 0 Å². The molecule has 0 saturated heterocycles. The van der Waals surface area contributed by atoms with Gasteiger partial charge >= 0.3 is 5.97 Å². The highest BCUT2D eigenvalue weighted by Crippen LogP contribution is 2.15. The molecule has 0 aliphatic rings. The lowest BCUT2D eigenvalue weighted by atomic mass is 10.1. The summed E-state index contributed by atoms with van der Waals surface area (Å²) in [5.41, 5.74) is 2.60. The molecule has 0 bridgehead atoms. The Kier molecular flexibility index (Phi) is 5.47. The molecule has 5 heteroatoms. The van der Waals surface area contributed by atoms with Gasteiger partial charge in [-0.25, -0.2) is 4.79 Å². The van der Waals surface area contributed by atoms with E-state index in [1.807, 2.05) is 41.8 Å². The number of hydrogen-bond acceptors (Lipinski definition) is 4. The molecule has 0 radical (unpaired) electrons. The quantitative estimate of drug-likeness (QED) is 0.562. The standard InChI is InChI=1S/C21H15NO3S/c1-25-21(24)17-7-2-5-15(13-17)10-11-16-6-3-8-18(14-16)22-20(23)19-9-4-12-26-19/h2-9,12-14H,1H3,(H,22,23). The monoisotopic (exact) mass is 361 g/mol. The number of amides is 1. The van der Waals surface area contributed by atoms with E-state index in [0.717, 1.165) is 5.56 Å². The van der Waals surface area contributed by atoms with Crippen LogP contribution in [0, 0.1) is 11.8 Å². The van der Waals surface area contributed by atoms with Crippen LogP contribution in [-0.4, -0.2) is 19.0 Å². The van der Waals surface area contributed by atoms with E-state index in [9.17, 15) is 9.59 Å². The Labute approximate surface area is 155 Å². The van der Waals surface area contributed by atoms with Crippen molar-refractivity contribution in [1.82, 2.24) is 0 Å². The second-order valence-corrected chi connectivity index (χ2v) is 6.28. The van der Waals surface area contributed by atoms with E-state index in [1.165, 1.54) is 18.4 Å². The molecule has 3 aromatic rings. The van der Waals surface area contributed by atoms with E-state index in [-0.39, 0.29) is 5.91 Å². The molecule has 128 valence electrons. The normalized spacial score (nSPS) is 9.73. The predicted octanol–water partition coefficient (Wildman–Crippen LogP) is 4.19. The van der Waals surface area contributed by atoms with E-state index in [2.05, 4.69) is 17.2 Å². The van der Waals surface area contributed by atoms with Crippen LogP contribution in [0.4, 0.5) is 5.69 Å². The minimum absolute atomic E-state index is 0.143. The summed E-state index contributed by atoms with van der Waals surface area (Å²) < 4.78 is 4.71. The maximum atomic E-state index is 12.1. The molecule has 1 amide bonds. The Morgan fingerprint density at radius 3 is 2.38 bits per heavy atom. The van der Waals surface area contributed by atoms with Gasteiger partial charge in [-0.05, 0) is 47.8 Å². The first-order valence-electron chi connectivity index (χ1n) is 7.81. The van der Waals surface area contributed by atoms with Crippen molar-refractivity contribution in [1.29, 1.82) is 0 Å². The number of anilines is 1. The van der Waals surface area contributed by atoms with Crippen LogP contribution in [0.5, 0.6) is 0 Å². The number of carbonyl (C=O) groups excluding carboxylic acids is 2. The van der Waals surface area contributed by atoms with Crippen LogP contribution >= 0.6 is 11.3 Å². The van der Waals surface area contributed by atoms with Crippen LogP contribution in [0.3, 0.4) is 0 Å². The van der Waals surface area contributed by atoms with Crippen LogP contribution in [0.2, 0.25) is 0 Å². The third-order valence-corrected chi connectivity index (χ3v) is 4.37. The number of esters is 1. The molecule has 0 spiro atoms.